The third kappa shape index (κ3) is 5.75. The maximum atomic E-state index is 11.7. The molecule has 1 atom stereocenters. The quantitative estimate of drug-likeness (QED) is 0.875. The molecule has 4 nitrogen and oxygen atoms in total. The van der Waals surface area contributed by atoms with Gasteiger partial charge < -0.3 is 10.5 Å². The molecule has 1 rings (SSSR count). The molecule has 1 amide bonds. The summed E-state index contributed by atoms with van der Waals surface area (Å²) in [5.41, 5.74) is 6.99. The molecule has 1 aromatic rings. The molecule has 4 heteroatoms. The summed E-state index contributed by atoms with van der Waals surface area (Å²) < 4.78 is 5.22. The average molecular weight is 264 g/mol. The summed E-state index contributed by atoms with van der Waals surface area (Å²) in [6, 6.07) is 7.78. The number of nitrogens with one attached hydrogen (secondary N) is 1. The standard InChI is InChI=1S/C15H24N2O2/c1-11(8-9-16)12-6-5-7-13(10-12)17-14(18)19-15(2,3)4/h5-7,10-11H,8-9,16H2,1-4H3,(H,17,18). The minimum Gasteiger partial charge on any atom is -0.444 e. The summed E-state index contributed by atoms with van der Waals surface area (Å²) in [7, 11) is 0. The number of rotatable bonds is 4. The van der Waals surface area contributed by atoms with Crippen LogP contribution in [0.2, 0.25) is 0 Å². The number of benzene rings is 1. The second kappa shape index (κ2) is 6.57. The summed E-state index contributed by atoms with van der Waals surface area (Å²) in [4.78, 5) is 11.7. The van der Waals surface area contributed by atoms with E-state index in [0.717, 1.165) is 12.1 Å². The van der Waals surface area contributed by atoms with Gasteiger partial charge in [-0.25, -0.2) is 4.79 Å². The Morgan fingerprint density at radius 2 is 2.11 bits per heavy atom. The summed E-state index contributed by atoms with van der Waals surface area (Å²) in [5.74, 6) is 0.380. The molecule has 106 valence electrons. The molecule has 0 aliphatic heterocycles. The van der Waals surface area contributed by atoms with Crippen LogP contribution < -0.4 is 11.1 Å². The Hall–Kier alpha value is -1.55. The van der Waals surface area contributed by atoms with E-state index in [1.165, 1.54) is 5.56 Å². The van der Waals surface area contributed by atoms with Gasteiger partial charge in [0.05, 0.1) is 0 Å². The van der Waals surface area contributed by atoms with Crippen LogP contribution in [0.4, 0.5) is 10.5 Å². The van der Waals surface area contributed by atoms with Crippen molar-refractivity contribution in [3.05, 3.63) is 29.8 Å². The van der Waals surface area contributed by atoms with Crippen molar-refractivity contribution in [3.8, 4) is 0 Å². The minimum absolute atomic E-state index is 0.380. The van der Waals surface area contributed by atoms with Gasteiger partial charge in [-0.1, -0.05) is 19.1 Å². The van der Waals surface area contributed by atoms with Crippen molar-refractivity contribution < 1.29 is 9.53 Å². The molecule has 0 aliphatic rings. The van der Waals surface area contributed by atoms with Gasteiger partial charge in [-0.15, -0.1) is 0 Å². The maximum Gasteiger partial charge on any atom is 0.412 e. The molecule has 0 saturated carbocycles. The lowest BCUT2D eigenvalue weighted by Crippen LogP contribution is -2.27. The van der Waals surface area contributed by atoms with Gasteiger partial charge in [-0.05, 0) is 57.4 Å². The van der Waals surface area contributed by atoms with E-state index in [1.807, 2.05) is 45.0 Å². The van der Waals surface area contributed by atoms with E-state index in [9.17, 15) is 4.79 Å². The Kier molecular flexibility index (Phi) is 5.36. The number of hydrogen-bond acceptors (Lipinski definition) is 3. The van der Waals surface area contributed by atoms with Crippen LogP contribution in [-0.2, 0) is 4.74 Å². The normalized spacial score (nSPS) is 12.9. The second-order valence-corrected chi connectivity index (χ2v) is 5.73. The van der Waals surface area contributed by atoms with E-state index in [1.54, 1.807) is 0 Å². The zero-order valence-corrected chi connectivity index (χ0v) is 12.2. The fourth-order valence-corrected chi connectivity index (χ4v) is 1.76. The number of nitrogens with two attached hydrogens (primary N) is 1. The number of carbonyl (C=O) groups is 1. The van der Waals surface area contributed by atoms with Gasteiger partial charge in [0, 0.05) is 5.69 Å². The zero-order chi connectivity index (χ0) is 14.5. The summed E-state index contributed by atoms with van der Waals surface area (Å²) in [6.07, 6.45) is 0.492. The largest absolute Gasteiger partial charge is 0.444 e. The molecule has 1 aromatic carbocycles. The Balaban J connectivity index is 2.69. The van der Waals surface area contributed by atoms with E-state index in [4.69, 9.17) is 10.5 Å². The number of anilines is 1. The predicted octanol–water partition coefficient (Wildman–Crippen LogP) is 3.49. The van der Waals surface area contributed by atoms with Gasteiger partial charge in [-0.2, -0.15) is 0 Å². The van der Waals surface area contributed by atoms with Crippen LogP contribution in [0.15, 0.2) is 24.3 Å². The zero-order valence-electron chi connectivity index (χ0n) is 12.2. The Morgan fingerprint density at radius 1 is 1.42 bits per heavy atom. The molecule has 0 aromatic heterocycles. The van der Waals surface area contributed by atoms with Gasteiger partial charge in [0.15, 0.2) is 0 Å². The van der Waals surface area contributed by atoms with Crippen LogP contribution in [0.3, 0.4) is 0 Å². The highest BCUT2D eigenvalue weighted by molar-refractivity contribution is 5.84. The van der Waals surface area contributed by atoms with Crippen molar-refractivity contribution in [2.24, 2.45) is 5.73 Å². The van der Waals surface area contributed by atoms with Crippen LogP contribution in [0.5, 0.6) is 0 Å². The molecule has 0 saturated heterocycles. The molecule has 1 unspecified atom stereocenters. The van der Waals surface area contributed by atoms with Gasteiger partial charge in [-0.3, -0.25) is 5.32 Å². The Bertz CT molecular complexity index is 424. The summed E-state index contributed by atoms with van der Waals surface area (Å²) >= 11 is 0. The van der Waals surface area contributed by atoms with E-state index in [-0.39, 0.29) is 0 Å². The van der Waals surface area contributed by atoms with Crippen molar-refractivity contribution in [3.63, 3.8) is 0 Å². The highest BCUT2D eigenvalue weighted by Gasteiger charge is 2.16. The monoisotopic (exact) mass is 264 g/mol. The van der Waals surface area contributed by atoms with Gasteiger partial charge >= 0.3 is 6.09 Å². The van der Waals surface area contributed by atoms with E-state index in [2.05, 4.69) is 12.2 Å². The van der Waals surface area contributed by atoms with Crippen molar-refractivity contribution in [1.82, 2.24) is 0 Å². The molecular formula is C15H24N2O2. The van der Waals surface area contributed by atoms with Gasteiger partial charge in [0.25, 0.3) is 0 Å². The first kappa shape index (κ1) is 15.5. The van der Waals surface area contributed by atoms with Gasteiger partial charge in [0.2, 0.25) is 0 Å². The highest BCUT2D eigenvalue weighted by Crippen LogP contribution is 2.22. The molecule has 0 spiro atoms. The molecule has 0 heterocycles. The van der Waals surface area contributed by atoms with E-state index >= 15 is 0 Å². The number of carbonyl (C=O) groups excluding carboxylic acids is 1. The molecule has 0 aliphatic carbocycles. The lowest BCUT2D eigenvalue weighted by atomic mass is 9.97. The molecule has 0 radical (unpaired) electrons. The lowest BCUT2D eigenvalue weighted by molar-refractivity contribution is 0.0636. The molecular weight excluding hydrogens is 240 g/mol. The third-order valence-corrected chi connectivity index (χ3v) is 2.70. The molecule has 19 heavy (non-hydrogen) atoms. The highest BCUT2D eigenvalue weighted by atomic mass is 16.6. The Morgan fingerprint density at radius 3 is 2.68 bits per heavy atom. The first-order valence-corrected chi connectivity index (χ1v) is 6.62. The van der Waals surface area contributed by atoms with E-state index < -0.39 is 11.7 Å². The summed E-state index contributed by atoms with van der Waals surface area (Å²) in [6.45, 7) is 8.30. The van der Waals surface area contributed by atoms with Gasteiger partial charge in [0.1, 0.15) is 5.60 Å². The SMILES string of the molecule is CC(CCN)c1cccc(NC(=O)OC(C)(C)C)c1. The van der Waals surface area contributed by atoms with Crippen LogP contribution in [-0.4, -0.2) is 18.2 Å². The molecule has 0 bridgehead atoms. The third-order valence-electron chi connectivity index (χ3n) is 2.70. The molecule has 3 N–H and O–H groups in total. The van der Waals surface area contributed by atoms with Crippen molar-refractivity contribution in [2.45, 2.75) is 45.6 Å². The smallest absolute Gasteiger partial charge is 0.412 e. The van der Waals surface area contributed by atoms with Crippen LogP contribution in [0.25, 0.3) is 0 Å². The number of amides is 1. The van der Waals surface area contributed by atoms with Crippen molar-refractivity contribution >= 4 is 11.8 Å². The molecule has 0 fully saturated rings. The second-order valence-electron chi connectivity index (χ2n) is 5.73. The number of ether oxygens (including phenoxy) is 1. The maximum absolute atomic E-state index is 11.7. The van der Waals surface area contributed by atoms with Crippen LogP contribution in [0.1, 0.15) is 45.6 Å². The average Bonchev–Trinajstić information content (AvgIpc) is 2.27. The first-order chi connectivity index (χ1) is 8.81. The fraction of sp³-hybridized carbons (Fsp3) is 0.533. The lowest BCUT2D eigenvalue weighted by Gasteiger charge is -2.20. The fourth-order valence-electron chi connectivity index (χ4n) is 1.76. The van der Waals surface area contributed by atoms with Crippen LogP contribution >= 0.6 is 0 Å². The van der Waals surface area contributed by atoms with Crippen LogP contribution in [0, 0.1) is 0 Å². The van der Waals surface area contributed by atoms with Crippen molar-refractivity contribution in [1.29, 1.82) is 0 Å². The summed E-state index contributed by atoms with van der Waals surface area (Å²) in [5, 5.41) is 2.74. The first-order valence-electron chi connectivity index (χ1n) is 6.62. The topological polar surface area (TPSA) is 64.3 Å². The van der Waals surface area contributed by atoms with Crippen molar-refractivity contribution in [2.75, 3.05) is 11.9 Å². The number of hydrogen-bond donors (Lipinski definition) is 2. The Labute approximate surface area is 115 Å². The predicted molar refractivity (Wildman–Crippen MR) is 78.4 cm³/mol. The minimum atomic E-state index is -0.492. The van der Waals surface area contributed by atoms with E-state index in [0.29, 0.717) is 12.5 Å².